The fraction of sp³-hybridized carbons (Fsp3) is 0.263. The van der Waals surface area contributed by atoms with Crippen LogP contribution in [0.1, 0.15) is 22.3 Å². The number of aryl methyl sites for hydroxylation is 1. The van der Waals surface area contributed by atoms with Crippen LogP contribution >= 0.6 is 0 Å². The fourth-order valence-electron chi connectivity index (χ4n) is 3.53. The number of rotatable bonds is 2. The zero-order valence-corrected chi connectivity index (χ0v) is 14.3. The molecular weight excluding hydrogens is 332 g/mol. The number of urea groups is 1. The van der Waals surface area contributed by atoms with Gasteiger partial charge in [0.05, 0.1) is 17.3 Å². The van der Waals surface area contributed by atoms with E-state index >= 15 is 0 Å². The number of hydrogen-bond acceptors (Lipinski definition) is 4. The number of carbonyl (C=O) groups is 3. The molecule has 2 aromatic rings. The van der Waals surface area contributed by atoms with E-state index in [1.807, 2.05) is 19.1 Å². The number of pyridine rings is 1. The SMILES string of the molecule is Cc1ccc(N2C(=O)N[C@@H]3CCN(C(=O)c4cccnc4)[C@@H]3C2=O)cc1. The molecule has 2 fully saturated rings. The maximum atomic E-state index is 13.1. The third kappa shape index (κ3) is 2.61. The second-order valence-electron chi connectivity index (χ2n) is 6.54. The van der Waals surface area contributed by atoms with Gasteiger partial charge in [0.1, 0.15) is 6.04 Å². The van der Waals surface area contributed by atoms with Crippen LogP contribution in [0, 0.1) is 6.92 Å². The topological polar surface area (TPSA) is 82.6 Å². The van der Waals surface area contributed by atoms with Gasteiger partial charge in [0.15, 0.2) is 0 Å². The molecule has 2 saturated heterocycles. The monoisotopic (exact) mass is 350 g/mol. The molecule has 1 aromatic heterocycles. The number of amides is 4. The van der Waals surface area contributed by atoms with Gasteiger partial charge in [0, 0.05) is 18.9 Å². The minimum atomic E-state index is -0.707. The summed E-state index contributed by atoms with van der Waals surface area (Å²) in [7, 11) is 0. The average molecular weight is 350 g/mol. The molecule has 0 saturated carbocycles. The summed E-state index contributed by atoms with van der Waals surface area (Å²) in [5.74, 6) is -0.628. The number of fused-ring (bicyclic) bond motifs is 1. The highest BCUT2D eigenvalue weighted by molar-refractivity contribution is 6.19. The molecule has 1 N–H and O–H groups in total. The fourth-order valence-corrected chi connectivity index (χ4v) is 3.53. The quantitative estimate of drug-likeness (QED) is 0.894. The number of imide groups is 1. The smallest absolute Gasteiger partial charge is 0.329 e. The predicted octanol–water partition coefficient (Wildman–Crippen LogP) is 1.73. The molecule has 0 aliphatic carbocycles. The summed E-state index contributed by atoms with van der Waals surface area (Å²) in [5.41, 5.74) is 1.96. The zero-order valence-electron chi connectivity index (χ0n) is 14.3. The maximum absolute atomic E-state index is 13.1. The first kappa shape index (κ1) is 16.3. The van der Waals surface area contributed by atoms with Gasteiger partial charge in [-0.15, -0.1) is 0 Å². The van der Waals surface area contributed by atoms with Crippen LogP contribution < -0.4 is 10.2 Å². The van der Waals surface area contributed by atoms with Crippen LogP contribution in [0.5, 0.6) is 0 Å². The minimum Gasteiger partial charge on any atom is -0.332 e. The molecular formula is C19H18N4O3. The lowest BCUT2D eigenvalue weighted by molar-refractivity contribution is -0.122. The number of nitrogens with one attached hydrogen (secondary N) is 1. The normalized spacial score (nSPS) is 22.2. The van der Waals surface area contributed by atoms with Gasteiger partial charge in [-0.1, -0.05) is 17.7 Å². The minimum absolute atomic E-state index is 0.251. The second-order valence-corrected chi connectivity index (χ2v) is 6.54. The lowest BCUT2D eigenvalue weighted by atomic mass is 10.0. The van der Waals surface area contributed by atoms with Crippen molar-refractivity contribution in [3.05, 3.63) is 59.9 Å². The van der Waals surface area contributed by atoms with Crippen molar-refractivity contribution in [3.8, 4) is 0 Å². The van der Waals surface area contributed by atoms with Crippen molar-refractivity contribution in [2.45, 2.75) is 25.4 Å². The Balaban J connectivity index is 1.65. The number of nitrogens with zero attached hydrogens (tertiary/aromatic N) is 3. The molecule has 132 valence electrons. The van der Waals surface area contributed by atoms with Gasteiger partial charge < -0.3 is 10.2 Å². The van der Waals surface area contributed by atoms with Crippen LogP contribution in [-0.2, 0) is 4.79 Å². The van der Waals surface area contributed by atoms with Crippen LogP contribution in [0.15, 0.2) is 48.8 Å². The van der Waals surface area contributed by atoms with Crippen LogP contribution in [0.3, 0.4) is 0 Å². The van der Waals surface area contributed by atoms with Gasteiger partial charge in [0.25, 0.3) is 11.8 Å². The Labute approximate surface area is 150 Å². The summed E-state index contributed by atoms with van der Waals surface area (Å²) in [6.07, 6.45) is 3.63. The Morgan fingerprint density at radius 3 is 2.65 bits per heavy atom. The van der Waals surface area contributed by atoms with Gasteiger partial charge in [0.2, 0.25) is 0 Å². The molecule has 1 aromatic carbocycles. The molecule has 2 aliphatic rings. The number of anilines is 1. The van der Waals surface area contributed by atoms with Crippen molar-refractivity contribution in [1.29, 1.82) is 0 Å². The van der Waals surface area contributed by atoms with Crippen molar-refractivity contribution in [2.75, 3.05) is 11.4 Å². The lowest BCUT2D eigenvalue weighted by Crippen LogP contribution is -2.65. The summed E-state index contributed by atoms with van der Waals surface area (Å²) in [6.45, 7) is 2.35. The standard InChI is InChI=1S/C19H18N4O3/c1-12-4-6-14(7-5-12)23-18(25)16-15(21-19(23)26)8-10-22(16)17(24)13-3-2-9-20-11-13/h2-7,9,11,15-16H,8,10H2,1H3,(H,21,26)/t15-,16+/m1/s1. The van der Waals surface area contributed by atoms with Gasteiger partial charge in [-0.05, 0) is 37.6 Å². The van der Waals surface area contributed by atoms with E-state index < -0.39 is 12.1 Å². The molecule has 0 unspecified atom stereocenters. The van der Waals surface area contributed by atoms with Crippen molar-refractivity contribution < 1.29 is 14.4 Å². The molecule has 0 radical (unpaired) electrons. The van der Waals surface area contributed by atoms with Crippen molar-refractivity contribution in [1.82, 2.24) is 15.2 Å². The van der Waals surface area contributed by atoms with E-state index in [0.717, 1.165) is 10.5 Å². The van der Waals surface area contributed by atoms with E-state index in [9.17, 15) is 14.4 Å². The molecule has 7 heteroatoms. The Morgan fingerprint density at radius 1 is 1.19 bits per heavy atom. The number of aromatic nitrogens is 1. The van der Waals surface area contributed by atoms with Crippen molar-refractivity contribution in [3.63, 3.8) is 0 Å². The van der Waals surface area contributed by atoms with E-state index in [1.165, 1.54) is 11.1 Å². The molecule has 4 rings (SSSR count). The molecule has 7 nitrogen and oxygen atoms in total. The van der Waals surface area contributed by atoms with E-state index in [1.54, 1.807) is 30.5 Å². The lowest BCUT2D eigenvalue weighted by Gasteiger charge is -2.36. The Hall–Kier alpha value is -3.22. The summed E-state index contributed by atoms with van der Waals surface area (Å²) in [4.78, 5) is 45.0. The maximum Gasteiger partial charge on any atom is 0.329 e. The van der Waals surface area contributed by atoms with Crippen molar-refractivity contribution >= 4 is 23.5 Å². The van der Waals surface area contributed by atoms with E-state index in [-0.39, 0.29) is 17.9 Å². The third-order valence-electron chi connectivity index (χ3n) is 4.84. The molecule has 0 bridgehead atoms. The Bertz CT molecular complexity index is 866. The van der Waals surface area contributed by atoms with E-state index in [0.29, 0.717) is 24.2 Å². The van der Waals surface area contributed by atoms with Gasteiger partial charge in [-0.3, -0.25) is 14.6 Å². The van der Waals surface area contributed by atoms with Gasteiger partial charge in [-0.2, -0.15) is 0 Å². The number of benzene rings is 1. The highest BCUT2D eigenvalue weighted by Gasteiger charge is 2.50. The zero-order chi connectivity index (χ0) is 18.3. The molecule has 3 heterocycles. The first-order valence-electron chi connectivity index (χ1n) is 8.48. The molecule has 2 atom stereocenters. The number of likely N-dealkylation sites (tertiary alicyclic amines) is 1. The first-order valence-corrected chi connectivity index (χ1v) is 8.48. The van der Waals surface area contributed by atoms with Crippen LogP contribution in [0.25, 0.3) is 0 Å². The first-order chi connectivity index (χ1) is 12.6. The van der Waals surface area contributed by atoms with Crippen LogP contribution in [-0.4, -0.2) is 46.4 Å². The van der Waals surface area contributed by atoms with Crippen LogP contribution in [0.2, 0.25) is 0 Å². The summed E-state index contributed by atoms with van der Waals surface area (Å²) in [6, 6.07) is 8.99. The molecule has 0 spiro atoms. The molecule has 2 aliphatic heterocycles. The average Bonchev–Trinajstić information content (AvgIpc) is 3.07. The van der Waals surface area contributed by atoms with Gasteiger partial charge >= 0.3 is 6.03 Å². The molecule has 4 amide bonds. The highest BCUT2D eigenvalue weighted by Crippen LogP contribution is 2.28. The summed E-state index contributed by atoms with van der Waals surface area (Å²) >= 11 is 0. The Kier molecular flexibility index (Phi) is 3.91. The number of carbonyl (C=O) groups excluding carboxylic acids is 3. The largest absolute Gasteiger partial charge is 0.332 e. The van der Waals surface area contributed by atoms with E-state index in [2.05, 4.69) is 10.3 Å². The number of hydrogen-bond donors (Lipinski definition) is 1. The second kappa shape index (κ2) is 6.25. The van der Waals surface area contributed by atoms with Gasteiger partial charge in [-0.25, -0.2) is 9.69 Å². The Morgan fingerprint density at radius 2 is 1.96 bits per heavy atom. The van der Waals surface area contributed by atoms with Crippen molar-refractivity contribution in [2.24, 2.45) is 0 Å². The van der Waals surface area contributed by atoms with Crippen LogP contribution in [0.4, 0.5) is 10.5 Å². The molecule has 26 heavy (non-hydrogen) atoms. The summed E-state index contributed by atoms with van der Waals surface area (Å²) in [5, 5.41) is 2.86. The predicted molar refractivity (Wildman–Crippen MR) is 94.7 cm³/mol. The third-order valence-corrected chi connectivity index (χ3v) is 4.84. The highest BCUT2D eigenvalue weighted by atomic mass is 16.2. The summed E-state index contributed by atoms with van der Waals surface area (Å²) < 4.78 is 0. The van der Waals surface area contributed by atoms with E-state index in [4.69, 9.17) is 0 Å².